The van der Waals surface area contributed by atoms with Crippen molar-refractivity contribution in [1.29, 1.82) is 0 Å². The summed E-state index contributed by atoms with van der Waals surface area (Å²) in [7, 11) is 0. The molecule has 4 nitrogen and oxygen atoms in total. The van der Waals surface area contributed by atoms with Crippen LogP contribution in [-0.4, -0.2) is 26.2 Å². The summed E-state index contributed by atoms with van der Waals surface area (Å²) in [5, 5.41) is 2.22. The van der Waals surface area contributed by atoms with Crippen molar-refractivity contribution in [3.05, 3.63) is 109 Å². The van der Waals surface area contributed by atoms with Gasteiger partial charge in [0, 0.05) is 31.9 Å². The average Bonchev–Trinajstić information content (AvgIpc) is 3.50. The zero-order chi connectivity index (χ0) is 23.5. The summed E-state index contributed by atoms with van der Waals surface area (Å²) >= 11 is 0. The Morgan fingerprint density at radius 3 is 2.46 bits per heavy atom. The van der Waals surface area contributed by atoms with E-state index < -0.39 is 0 Å². The van der Waals surface area contributed by atoms with E-state index in [4.69, 9.17) is 4.42 Å². The van der Waals surface area contributed by atoms with Crippen molar-refractivity contribution < 1.29 is 33.7 Å². The number of aryl methyl sites for hydroxylation is 1. The van der Waals surface area contributed by atoms with E-state index in [1.54, 1.807) is 0 Å². The van der Waals surface area contributed by atoms with E-state index in [-0.39, 0.29) is 20.1 Å². The molecule has 1 aliphatic rings. The van der Waals surface area contributed by atoms with Gasteiger partial charge in [-0.3, -0.25) is 0 Å². The summed E-state index contributed by atoms with van der Waals surface area (Å²) in [6.07, 6.45) is 5.87. The van der Waals surface area contributed by atoms with Crippen LogP contribution in [0.4, 0.5) is 5.69 Å². The van der Waals surface area contributed by atoms with Gasteiger partial charge in [-0.1, -0.05) is 57.0 Å². The molecule has 0 saturated heterocycles. The third-order valence-corrected chi connectivity index (χ3v) is 5.60. The summed E-state index contributed by atoms with van der Waals surface area (Å²) < 4.78 is 9.85. The van der Waals surface area contributed by atoms with Crippen LogP contribution in [0, 0.1) is 19.1 Å². The molecule has 0 fully saturated rings. The van der Waals surface area contributed by atoms with E-state index in [1.807, 2.05) is 89.3 Å². The number of hydrogen-bond donors (Lipinski definition) is 0. The fourth-order valence-corrected chi connectivity index (χ4v) is 3.72. The summed E-state index contributed by atoms with van der Waals surface area (Å²) in [5.41, 5.74) is 5.82. The number of pyridine rings is 1. The molecule has 0 amide bonds. The van der Waals surface area contributed by atoms with Gasteiger partial charge >= 0.3 is 6.01 Å². The van der Waals surface area contributed by atoms with Crippen molar-refractivity contribution in [2.45, 2.75) is 26.8 Å². The maximum atomic E-state index is 5.88. The van der Waals surface area contributed by atoms with E-state index in [0.717, 1.165) is 38.9 Å². The van der Waals surface area contributed by atoms with Crippen LogP contribution in [-0.2, 0) is 20.1 Å². The fourth-order valence-electron chi connectivity index (χ4n) is 3.72. The molecule has 35 heavy (non-hydrogen) atoms. The Morgan fingerprint density at radius 2 is 1.74 bits per heavy atom. The molecule has 0 unspecified atom stereocenters. The van der Waals surface area contributed by atoms with E-state index in [2.05, 4.69) is 55.2 Å². The van der Waals surface area contributed by atoms with Gasteiger partial charge in [0.1, 0.15) is 11.3 Å². The topological polar surface area (TPSA) is 32.0 Å². The minimum Gasteiger partial charge on any atom is -0.483 e. The van der Waals surface area contributed by atoms with Gasteiger partial charge in [0.2, 0.25) is 6.20 Å². The Balaban J connectivity index is 0.000000179. The largest absolute Gasteiger partial charge is 0.493 e. The molecular weight excluding hydrogens is 611 g/mol. The molecule has 175 valence electrons. The SMILES string of the molecule is CC(C)[N+]1=C=[N+](c2[c-]c3oc4ccccc4c3cc2)C=C1.Cc1ccc(-c2[c-]cccc2)nc1.[Ir]. The van der Waals surface area contributed by atoms with Gasteiger partial charge in [-0.15, -0.1) is 35.9 Å². The van der Waals surface area contributed by atoms with Crippen molar-refractivity contribution in [3.8, 4) is 11.3 Å². The molecule has 0 aliphatic carbocycles. The molecule has 0 N–H and O–H groups in total. The number of rotatable bonds is 3. The van der Waals surface area contributed by atoms with Crippen LogP contribution in [0.2, 0.25) is 0 Å². The molecule has 5 heteroatoms. The first-order valence-electron chi connectivity index (χ1n) is 11.3. The molecule has 1 radical (unpaired) electrons. The zero-order valence-electron chi connectivity index (χ0n) is 19.8. The van der Waals surface area contributed by atoms with Crippen molar-refractivity contribution in [2.24, 2.45) is 0 Å². The number of para-hydroxylation sites is 1. The predicted octanol–water partition coefficient (Wildman–Crippen LogP) is 6.96. The van der Waals surface area contributed by atoms with Crippen molar-refractivity contribution in [2.75, 3.05) is 0 Å². The van der Waals surface area contributed by atoms with Crippen LogP contribution < -0.4 is 0 Å². The smallest absolute Gasteiger partial charge is 0.483 e. The number of nitrogens with zero attached hydrogens (tertiary/aromatic N) is 3. The monoisotopic (exact) mass is 636 g/mol. The van der Waals surface area contributed by atoms with E-state index in [9.17, 15) is 0 Å². The average molecular weight is 636 g/mol. The van der Waals surface area contributed by atoms with Crippen LogP contribution in [0.3, 0.4) is 0 Å². The van der Waals surface area contributed by atoms with Crippen LogP contribution >= 0.6 is 0 Å². The standard InChI is InChI=1S/C18H15N2O.C12H10N.Ir/c1-13(2)19-9-10-20(12-19)14-7-8-16-15-5-3-4-6-17(15)21-18(16)11-14;1-10-7-8-12(13-9-10)11-5-3-2-4-6-11;/h3-10,13H,1-2H3;2-5,7-9H,1H3;/q+1;-1;. The van der Waals surface area contributed by atoms with E-state index >= 15 is 0 Å². The van der Waals surface area contributed by atoms with Gasteiger partial charge in [0.15, 0.2) is 6.04 Å². The van der Waals surface area contributed by atoms with Gasteiger partial charge < -0.3 is 9.40 Å². The number of hydrogen-bond acceptors (Lipinski definition) is 2. The summed E-state index contributed by atoms with van der Waals surface area (Å²) in [4.78, 5) is 4.32. The molecule has 3 aromatic carbocycles. The van der Waals surface area contributed by atoms with Gasteiger partial charge in [-0.2, -0.15) is 6.07 Å². The molecule has 5 aromatic rings. The second-order valence-corrected chi connectivity index (χ2v) is 8.45. The second-order valence-electron chi connectivity index (χ2n) is 8.45. The summed E-state index contributed by atoms with van der Waals surface area (Å²) in [6, 6.07) is 34.3. The predicted molar refractivity (Wildman–Crippen MR) is 135 cm³/mol. The molecule has 0 saturated carbocycles. The van der Waals surface area contributed by atoms with Crippen molar-refractivity contribution >= 4 is 33.6 Å². The molecule has 0 spiro atoms. The normalized spacial score (nSPS) is 12.2. The molecule has 6 rings (SSSR count). The molecule has 1 aliphatic heterocycles. The third kappa shape index (κ3) is 5.39. The molecule has 3 heterocycles. The third-order valence-electron chi connectivity index (χ3n) is 5.60. The molecular formula is C30H25IrN3O. The minimum atomic E-state index is 0. The zero-order valence-corrected chi connectivity index (χ0v) is 22.2. The first kappa shape index (κ1) is 24.5. The van der Waals surface area contributed by atoms with Crippen LogP contribution in [0.5, 0.6) is 0 Å². The Bertz CT molecular complexity index is 1560. The number of fused-ring (bicyclic) bond motifs is 3. The fraction of sp³-hybridized carbons (Fsp3) is 0.133. The van der Waals surface area contributed by atoms with Gasteiger partial charge in [0.25, 0.3) is 6.20 Å². The first-order chi connectivity index (χ1) is 16.6. The summed E-state index contributed by atoms with van der Waals surface area (Å²) in [5.74, 6) is 0. The Labute approximate surface area is 218 Å². The number of aromatic nitrogens is 1. The minimum absolute atomic E-state index is 0. The second kappa shape index (κ2) is 10.8. The van der Waals surface area contributed by atoms with Crippen LogP contribution in [0.15, 0.2) is 95.8 Å². The van der Waals surface area contributed by atoms with Gasteiger partial charge in [-0.05, 0) is 43.5 Å². The van der Waals surface area contributed by atoms with Crippen molar-refractivity contribution in [1.82, 2.24) is 4.98 Å². The Kier molecular flexibility index (Phi) is 7.53. The quantitative estimate of drug-likeness (QED) is 0.159. The van der Waals surface area contributed by atoms with Crippen LogP contribution in [0.1, 0.15) is 19.4 Å². The molecule has 2 aromatic heterocycles. The molecule has 0 atom stereocenters. The maximum Gasteiger partial charge on any atom is 0.493 e. The van der Waals surface area contributed by atoms with Crippen molar-refractivity contribution in [3.63, 3.8) is 0 Å². The Hall–Kier alpha value is -3.62. The summed E-state index contributed by atoms with van der Waals surface area (Å²) in [6.45, 7) is 6.30. The van der Waals surface area contributed by atoms with E-state index in [0.29, 0.717) is 6.04 Å². The van der Waals surface area contributed by atoms with E-state index in [1.165, 1.54) is 5.56 Å². The van der Waals surface area contributed by atoms with Crippen LogP contribution in [0.25, 0.3) is 33.2 Å². The van der Waals surface area contributed by atoms with Gasteiger partial charge in [-0.25, -0.2) is 0 Å². The Morgan fingerprint density at radius 1 is 0.914 bits per heavy atom. The number of benzene rings is 3. The number of furan rings is 1. The maximum absolute atomic E-state index is 5.88. The van der Waals surface area contributed by atoms with Gasteiger partial charge in [0.05, 0.1) is 0 Å². The molecule has 0 bridgehead atoms. The first-order valence-corrected chi connectivity index (χ1v) is 11.3.